The Morgan fingerprint density at radius 1 is 1.09 bits per heavy atom. The Kier molecular flexibility index (Phi) is 5.72. The van der Waals surface area contributed by atoms with Crippen molar-refractivity contribution in [2.24, 2.45) is 5.73 Å². The minimum absolute atomic E-state index is 0.0124. The fourth-order valence-electron chi connectivity index (χ4n) is 2.33. The molecule has 2 unspecified atom stereocenters. The first-order chi connectivity index (χ1) is 10.9. The first-order valence-corrected chi connectivity index (χ1v) is 9.23. The van der Waals surface area contributed by atoms with Gasteiger partial charge in [-0.25, -0.2) is 0 Å². The van der Waals surface area contributed by atoms with Crippen molar-refractivity contribution in [3.8, 4) is 11.1 Å². The van der Waals surface area contributed by atoms with Crippen LogP contribution >= 0.6 is 7.37 Å². The standard InChI is InChI=1S/C17H20NO4P/c18-16(9-10-17(19)20)23(21,22)12-13-5-4-8-15(11-13)14-6-2-1-3-7-14/h1-8,11,16H,9-10,12,18H2,(H,19,20)(H,21,22). The molecule has 0 bridgehead atoms. The predicted octanol–water partition coefficient (Wildman–Crippen LogP) is 3.27. The Hall–Kier alpha value is -1.94. The molecular formula is C17H20NO4P. The van der Waals surface area contributed by atoms with Crippen LogP contribution in [-0.4, -0.2) is 21.8 Å². The van der Waals surface area contributed by atoms with Crippen LogP contribution in [0, 0.1) is 0 Å². The van der Waals surface area contributed by atoms with Gasteiger partial charge in [-0.05, 0) is 23.1 Å². The molecule has 0 aliphatic rings. The van der Waals surface area contributed by atoms with Crippen molar-refractivity contribution in [1.29, 1.82) is 0 Å². The fraction of sp³-hybridized carbons (Fsp3) is 0.235. The Morgan fingerprint density at radius 2 is 1.74 bits per heavy atom. The molecule has 5 nitrogen and oxygen atoms in total. The third-order valence-corrected chi connectivity index (χ3v) is 5.73. The summed E-state index contributed by atoms with van der Waals surface area (Å²) >= 11 is 0. The normalized spacial score (nSPS) is 14.9. The second-order valence-electron chi connectivity index (χ2n) is 5.48. The van der Waals surface area contributed by atoms with Gasteiger partial charge in [0.1, 0.15) is 0 Å². The van der Waals surface area contributed by atoms with Gasteiger partial charge in [0.05, 0.1) is 11.9 Å². The first-order valence-electron chi connectivity index (χ1n) is 7.32. The zero-order chi connectivity index (χ0) is 16.9. The maximum absolute atomic E-state index is 12.4. The maximum Gasteiger partial charge on any atom is 0.303 e. The van der Waals surface area contributed by atoms with Gasteiger partial charge in [-0.15, -0.1) is 0 Å². The highest BCUT2D eigenvalue weighted by Gasteiger charge is 2.28. The Bertz CT molecular complexity index is 718. The van der Waals surface area contributed by atoms with Gasteiger partial charge in [0.2, 0.25) is 7.37 Å². The highest BCUT2D eigenvalue weighted by atomic mass is 31.2. The molecule has 0 amide bonds. The van der Waals surface area contributed by atoms with E-state index in [-0.39, 0.29) is 19.0 Å². The minimum atomic E-state index is -3.66. The molecule has 0 saturated heterocycles. The largest absolute Gasteiger partial charge is 0.481 e. The molecule has 0 radical (unpaired) electrons. The molecule has 0 aliphatic carbocycles. The van der Waals surface area contributed by atoms with Crippen LogP contribution in [0.1, 0.15) is 18.4 Å². The van der Waals surface area contributed by atoms with Crippen LogP contribution in [0.4, 0.5) is 0 Å². The van der Waals surface area contributed by atoms with E-state index in [0.717, 1.165) is 11.1 Å². The summed E-state index contributed by atoms with van der Waals surface area (Å²) in [6.45, 7) is 0. The molecule has 0 spiro atoms. The van der Waals surface area contributed by atoms with Gasteiger partial charge in [-0.2, -0.15) is 0 Å². The molecule has 0 aliphatic heterocycles. The van der Waals surface area contributed by atoms with Crippen molar-refractivity contribution < 1.29 is 19.4 Å². The van der Waals surface area contributed by atoms with Crippen LogP contribution in [0.3, 0.4) is 0 Å². The Balaban J connectivity index is 2.13. The Morgan fingerprint density at radius 3 is 2.39 bits per heavy atom. The van der Waals surface area contributed by atoms with Gasteiger partial charge in [0.25, 0.3) is 0 Å². The molecule has 0 saturated carbocycles. The number of hydrogen-bond acceptors (Lipinski definition) is 3. The van der Waals surface area contributed by atoms with Crippen molar-refractivity contribution in [1.82, 2.24) is 0 Å². The number of carbonyl (C=O) groups is 1. The predicted molar refractivity (Wildman–Crippen MR) is 90.3 cm³/mol. The van der Waals surface area contributed by atoms with E-state index < -0.39 is 19.1 Å². The van der Waals surface area contributed by atoms with Crippen molar-refractivity contribution in [3.05, 3.63) is 60.2 Å². The average Bonchev–Trinajstić information content (AvgIpc) is 2.53. The molecular weight excluding hydrogens is 313 g/mol. The number of carboxylic acids is 1. The SMILES string of the molecule is NC(CCC(=O)O)P(=O)(O)Cc1cccc(-c2ccccc2)c1. The molecule has 122 valence electrons. The van der Waals surface area contributed by atoms with E-state index >= 15 is 0 Å². The molecule has 0 heterocycles. The van der Waals surface area contributed by atoms with Crippen LogP contribution in [0.2, 0.25) is 0 Å². The number of nitrogens with two attached hydrogens (primary N) is 1. The number of carboxylic acid groups (broad SMARTS) is 1. The van der Waals surface area contributed by atoms with Crippen molar-refractivity contribution in [2.75, 3.05) is 0 Å². The van der Waals surface area contributed by atoms with E-state index in [9.17, 15) is 14.3 Å². The molecule has 4 N–H and O–H groups in total. The zero-order valence-corrected chi connectivity index (χ0v) is 13.5. The van der Waals surface area contributed by atoms with Crippen LogP contribution in [-0.2, 0) is 15.5 Å². The van der Waals surface area contributed by atoms with Crippen LogP contribution in [0.5, 0.6) is 0 Å². The maximum atomic E-state index is 12.4. The monoisotopic (exact) mass is 333 g/mol. The van der Waals surface area contributed by atoms with Crippen molar-refractivity contribution in [2.45, 2.75) is 24.8 Å². The summed E-state index contributed by atoms with van der Waals surface area (Å²) in [6, 6.07) is 17.1. The average molecular weight is 333 g/mol. The molecule has 2 atom stereocenters. The third kappa shape index (κ3) is 5.03. The Labute approximate surface area is 135 Å². The quantitative estimate of drug-likeness (QED) is 0.675. The molecule has 23 heavy (non-hydrogen) atoms. The second-order valence-corrected chi connectivity index (χ2v) is 7.97. The summed E-state index contributed by atoms with van der Waals surface area (Å²) in [5.74, 6) is -2.05. The van der Waals surface area contributed by atoms with Crippen molar-refractivity contribution >= 4 is 13.3 Å². The smallest absolute Gasteiger partial charge is 0.303 e. The summed E-state index contributed by atoms with van der Waals surface area (Å²) in [5, 5.41) is 8.65. The number of aliphatic carboxylic acids is 1. The summed E-state index contributed by atoms with van der Waals surface area (Å²) in [5.41, 5.74) is 8.42. The summed E-state index contributed by atoms with van der Waals surface area (Å²) in [4.78, 5) is 20.7. The van der Waals surface area contributed by atoms with E-state index in [4.69, 9.17) is 10.8 Å². The van der Waals surface area contributed by atoms with Crippen LogP contribution in [0.15, 0.2) is 54.6 Å². The highest BCUT2D eigenvalue weighted by molar-refractivity contribution is 7.57. The van der Waals surface area contributed by atoms with E-state index in [1.54, 1.807) is 6.07 Å². The lowest BCUT2D eigenvalue weighted by molar-refractivity contribution is -0.137. The van der Waals surface area contributed by atoms with E-state index in [1.165, 1.54) is 0 Å². The molecule has 2 aromatic rings. The van der Waals surface area contributed by atoms with Crippen LogP contribution < -0.4 is 5.73 Å². The first kappa shape index (κ1) is 17.4. The van der Waals surface area contributed by atoms with Gasteiger partial charge >= 0.3 is 5.97 Å². The van der Waals surface area contributed by atoms with Gasteiger partial charge in [0, 0.05) is 6.42 Å². The van der Waals surface area contributed by atoms with E-state index in [2.05, 4.69) is 0 Å². The lowest BCUT2D eigenvalue weighted by atomic mass is 10.0. The van der Waals surface area contributed by atoms with E-state index in [1.807, 2.05) is 48.5 Å². The van der Waals surface area contributed by atoms with Gasteiger partial charge in [-0.1, -0.05) is 54.6 Å². The summed E-state index contributed by atoms with van der Waals surface area (Å²) < 4.78 is 12.4. The van der Waals surface area contributed by atoms with Gasteiger partial charge in [0.15, 0.2) is 0 Å². The fourth-order valence-corrected chi connectivity index (χ4v) is 3.82. The van der Waals surface area contributed by atoms with Gasteiger partial charge in [-0.3, -0.25) is 9.36 Å². The third-order valence-electron chi connectivity index (χ3n) is 3.62. The lowest BCUT2D eigenvalue weighted by Gasteiger charge is -2.19. The lowest BCUT2D eigenvalue weighted by Crippen LogP contribution is -2.22. The molecule has 2 aromatic carbocycles. The molecule has 0 fully saturated rings. The summed E-state index contributed by atoms with van der Waals surface area (Å²) in [7, 11) is -3.66. The van der Waals surface area contributed by atoms with Gasteiger partial charge < -0.3 is 15.7 Å². The van der Waals surface area contributed by atoms with E-state index in [0.29, 0.717) is 5.56 Å². The number of hydrogen-bond donors (Lipinski definition) is 3. The number of benzene rings is 2. The topological polar surface area (TPSA) is 101 Å². The summed E-state index contributed by atoms with van der Waals surface area (Å²) in [6.07, 6.45) is -0.286. The molecule has 2 rings (SSSR count). The second kappa shape index (κ2) is 7.55. The highest BCUT2D eigenvalue weighted by Crippen LogP contribution is 2.49. The minimum Gasteiger partial charge on any atom is -0.481 e. The molecule has 0 aromatic heterocycles. The number of rotatable bonds is 7. The molecule has 6 heteroatoms. The zero-order valence-electron chi connectivity index (χ0n) is 12.6. The van der Waals surface area contributed by atoms with Crippen LogP contribution in [0.25, 0.3) is 11.1 Å². The van der Waals surface area contributed by atoms with Crippen molar-refractivity contribution in [3.63, 3.8) is 0 Å².